The average Bonchev–Trinajstić information content (AvgIpc) is 2.07. The SMILES string of the molecule is O=C1NC2=NOCCC2=CN1I. The van der Waals surface area contributed by atoms with Crippen LogP contribution in [0.5, 0.6) is 0 Å². The Hall–Kier alpha value is -0.790. The monoisotopic (exact) mass is 279 g/mol. The number of oxime groups is 1. The van der Waals surface area contributed by atoms with E-state index in [0.29, 0.717) is 12.4 Å². The van der Waals surface area contributed by atoms with Gasteiger partial charge in [0.25, 0.3) is 0 Å². The van der Waals surface area contributed by atoms with Crippen LogP contribution >= 0.6 is 22.9 Å². The number of carbonyl (C=O) groups excluding carboxylic acids is 1. The molecule has 0 saturated carbocycles. The number of halogens is 1. The van der Waals surface area contributed by atoms with Crippen molar-refractivity contribution in [2.24, 2.45) is 5.16 Å². The molecule has 0 aromatic carbocycles. The van der Waals surface area contributed by atoms with E-state index in [1.807, 2.05) is 22.9 Å². The molecule has 2 amide bonds. The van der Waals surface area contributed by atoms with Gasteiger partial charge in [0.2, 0.25) is 0 Å². The normalized spacial score (nSPS) is 21.8. The van der Waals surface area contributed by atoms with E-state index in [0.717, 1.165) is 12.0 Å². The summed E-state index contributed by atoms with van der Waals surface area (Å²) in [6, 6.07) is -0.191. The van der Waals surface area contributed by atoms with Gasteiger partial charge in [-0.2, -0.15) is 0 Å². The fourth-order valence-corrected chi connectivity index (χ4v) is 1.48. The Morgan fingerprint density at radius 3 is 3.42 bits per heavy atom. The number of nitrogens with one attached hydrogen (secondary N) is 1. The van der Waals surface area contributed by atoms with Crippen molar-refractivity contribution in [3.05, 3.63) is 11.8 Å². The van der Waals surface area contributed by atoms with Crippen molar-refractivity contribution >= 4 is 34.7 Å². The molecule has 2 aliphatic rings. The van der Waals surface area contributed by atoms with Crippen LogP contribution in [0.15, 0.2) is 16.9 Å². The van der Waals surface area contributed by atoms with Crippen LogP contribution in [0.2, 0.25) is 0 Å². The minimum atomic E-state index is -0.191. The van der Waals surface area contributed by atoms with Crippen molar-refractivity contribution < 1.29 is 9.63 Å². The van der Waals surface area contributed by atoms with Gasteiger partial charge in [-0.3, -0.25) is 5.32 Å². The first kappa shape index (κ1) is 7.84. The third kappa shape index (κ3) is 1.26. The van der Waals surface area contributed by atoms with E-state index < -0.39 is 0 Å². The summed E-state index contributed by atoms with van der Waals surface area (Å²) in [5, 5.41) is 6.33. The minimum absolute atomic E-state index is 0.191. The Kier molecular flexibility index (Phi) is 1.91. The highest BCUT2D eigenvalue weighted by molar-refractivity contribution is 14.1. The van der Waals surface area contributed by atoms with Gasteiger partial charge in [0, 0.05) is 18.2 Å². The Morgan fingerprint density at radius 1 is 1.75 bits per heavy atom. The highest BCUT2D eigenvalue weighted by atomic mass is 127. The van der Waals surface area contributed by atoms with Gasteiger partial charge in [-0.05, 0) is 0 Å². The van der Waals surface area contributed by atoms with Crippen LogP contribution in [0.4, 0.5) is 4.79 Å². The third-order valence-electron chi connectivity index (χ3n) is 1.61. The number of urea groups is 1. The molecule has 0 bridgehead atoms. The molecule has 1 N–H and O–H groups in total. The van der Waals surface area contributed by atoms with Crippen molar-refractivity contribution in [2.45, 2.75) is 6.42 Å². The Balaban J connectivity index is 2.33. The number of carbonyl (C=O) groups is 1. The van der Waals surface area contributed by atoms with Crippen LogP contribution in [-0.4, -0.2) is 21.6 Å². The number of amides is 2. The molecular formula is C6H6IN3O2. The number of hydrogen-bond donors (Lipinski definition) is 1. The van der Waals surface area contributed by atoms with Gasteiger partial charge >= 0.3 is 6.03 Å². The molecule has 0 fully saturated rings. The van der Waals surface area contributed by atoms with Crippen molar-refractivity contribution in [2.75, 3.05) is 6.61 Å². The number of amidine groups is 1. The fraction of sp³-hybridized carbons (Fsp3) is 0.333. The summed E-state index contributed by atoms with van der Waals surface area (Å²) in [6.45, 7) is 0.579. The largest absolute Gasteiger partial charge is 0.394 e. The third-order valence-corrected chi connectivity index (χ3v) is 2.33. The fourth-order valence-electron chi connectivity index (χ4n) is 1.02. The van der Waals surface area contributed by atoms with Gasteiger partial charge in [0.05, 0.1) is 22.9 Å². The van der Waals surface area contributed by atoms with Gasteiger partial charge in [-0.25, -0.2) is 7.91 Å². The predicted octanol–water partition coefficient (Wildman–Crippen LogP) is 0.979. The van der Waals surface area contributed by atoms with E-state index in [-0.39, 0.29) is 6.03 Å². The lowest BCUT2D eigenvalue weighted by molar-refractivity contribution is 0.138. The summed E-state index contributed by atoms with van der Waals surface area (Å²) < 4.78 is 1.47. The zero-order valence-electron chi connectivity index (χ0n) is 6.08. The highest BCUT2D eigenvalue weighted by Gasteiger charge is 2.24. The summed E-state index contributed by atoms with van der Waals surface area (Å²) in [5.74, 6) is 0.541. The lowest BCUT2D eigenvalue weighted by atomic mass is 10.1. The Morgan fingerprint density at radius 2 is 2.58 bits per heavy atom. The zero-order valence-corrected chi connectivity index (χ0v) is 8.24. The van der Waals surface area contributed by atoms with Crippen LogP contribution in [0.1, 0.15) is 6.42 Å². The molecule has 0 aliphatic carbocycles. The second kappa shape index (κ2) is 2.92. The van der Waals surface area contributed by atoms with E-state index in [4.69, 9.17) is 4.84 Å². The molecule has 0 atom stereocenters. The molecule has 5 nitrogen and oxygen atoms in total. The molecule has 0 unspecified atom stereocenters. The second-order valence-corrected chi connectivity index (χ2v) is 3.46. The minimum Gasteiger partial charge on any atom is -0.394 e. The van der Waals surface area contributed by atoms with Gasteiger partial charge < -0.3 is 4.84 Å². The number of rotatable bonds is 0. The van der Waals surface area contributed by atoms with E-state index in [9.17, 15) is 4.79 Å². The smallest absolute Gasteiger partial charge is 0.336 e. The van der Waals surface area contributed by atoms with E-state index >= 15 is 0 Å². The molecule has 2 aliphatic heterocycles. The average molecular weight is 279 g/mol. The first-order chi connectivity index (χ1) is 5.77. The second-order valence-electron chi connectivity index (χ2n) is 2.42. The molecule has 12 heavy (non-hydrogen) atoms. The highest BCUT2D eigenvalue weighted by Crippen LogP contribution is 2.17. The molecule has 6 heteroatoms. The summed E-state index contributed by atoms with van der Waals surface area (Å²) in [5.41, 5.74) is 1.01. The molecule has 64 valence electrons. The first-order valence-electron chi connectivity index (χ1n) is 3.44. The summed E-state index contributed by atoms with van der Waals surface area (Å²) in [6.07, 6.45) is 2.55. The Bertz CT molecular complexity index is 287. The topological polar surface area (TPSA) is 53.9 Å². The molecule has 0 radical (unpaired) electrons. The summed E-state index contributed by atoms with van der Waals surface area (Å²) in [7, 11) is 0. The predicted molar refractivity (Wildman–Crippen MR) is 50.5 cm³/mol. The maximum Gasteiger partial charge on any atom is 0.336 e. The van der Waals surface area contributed by atoms with Crippen molar-refractivity contribution in [3.63, 3.8) is 0 Å². The maximum absolute atomic E-state index is 11.1. The van der Waals surface area contributed by atoms with Crippen LogP contribution in [0.25, 0.3) is 0 Å². The van der Waals surface area contributed by atoms with E-state index in [1.54, 1.807) is 6.20 Å². The van der Waals surface area contributed by atoms with E-state index in [1.165, 1.54) is 3.11 Å². The standard InChI is InChI=1S/C6H6IN3O2/c7-10-3-4-1-2-12-9-5(4)8-6(10)11/h3H,1-2H2,(H,8,9,11). The van der Waals surface area contributed by atoms with Gasteiger partial charge in [-0.1, -0.05) is 5.16 Å². The number of fused-ring (bicyclic) bond motifs is 1. The van der Waals surface area contributed by atoms with E-state index in [2.05, 4.69) is 10.5 Å². The molecule has 0 aromatic rings. The van der Waals surface area contributed by atoms with Crippen molar-refractivity contribution in [3.8, 4) is 0 Å². The Labute approximate surface area is 82.9 Å². The summed E-state index contributed by atoms with van der Waals surface area (Å²) in [4.78, 5) is 15.9. The maximum atomic E-state index is 11.1. The lowest BCUT2D eigenvalue weighted by Gasteiger charge is -2.23. The molecule has 0 aromatic heterocycles. The van der Waals surface area contributed by atoms with Crippen LogP contribution in [0.3, 0.4) is 0 Å². The quantitative estimate of drug-likeness (QED) is 0.531. The molecule has 0 spiro atoms. The lowest BCUT2D eigenvalue weighted by Crippen LogP contribution is -2.42. The van der Waals surface area contributed by atoms with Crippen LogP contribution in [0, 0.1) is 0 Å². The molecule has 2 rings (SSSR count). The molecule has 2 heterocycles. The van der Waals surface area contributed by atoms with Crippen molar-refractivity contribution in [1.29, 1.82) is 0 Å². The molecule has 0 saturated heterocycles. The van der Waals surface area contributed by atoms with Crippen molar-refractivity contribution in [1.82, 2.24) is 8.43 Å². The van der Waals surface area contributed by atoms with Gasteiger partial charge in [0.15, 0.2) is 5.84 Å². The first-order valence-corrected chi connectivity index (χ1v) is 4.41. The van der Waals surface area contributed by atoms with Gasteiger partial charge in [0.1, 0.15) is 6.61 Å². The number of hydrogen-bond acceptors (Lipinski definition) is 3. The van der Waals surface area contributed by atoms with Gasteiger partial charge in [-0.15, -0.1) is 0 Å². The van der Waals surface area contributed by atoms with Crippen LogP contribution in [-0.2, 0) is 4.84 Å². The summed E-state index contributed by atoms with van der Waals surface area (Å²) >= 11 is 1.92. The number of nitrogens with zero attached hydrogens (tertiary/aromatic N) is 2. The molecular weight excluding hydrogens is 273 g/mol. The van der Waals surface area contributed by atoms with Crippen LogP contribution < -0.4 is 5.32 Å². The zero-order chi connectivity index (χ0) is 8.55.